The number of hydrogen-bond acceptors (Lipinski definition) is 2. The summed E-state index contributed by atoms with van der Waals surface area (Å²) in [6, 6.07) is 0.578. The zero-order valence-electron chi connectivity index (χ0n) is 7.46. The van der Waals surface area contributed by atoms with Gasteiger partial charge in [-0.1, -0.05) is 6.92 Å². The van der Waals surface area contributed by atoms with Crippen molar-refractivity contribution in [3.05, 3.63) is 0 Å². The Kier molecular flexibility index (Phi) is 4.65. The predicted molar refractivity (Wildman–Crippen MR) is 44.1 cm³/mol. The van der Waals surface area contributed by atoms with Gasteiger partial charge in [0.1, 0.15) is 0 Å². The monoisotopic (exact) mass is 145 g/mol. The minimum Gasteiger partial charge on any atom is -0.392 e. The smallest absolute Gasteiger partial charge is 0.0639 e. The van der Waals surface area contributed by atoms with Crippen molar-refractivity contribution in [2.75, 3.05) is 13.6 Å². The van der Waals surface area contributed by atoms with Gasteiger partial charge in [-0.05, 0) is 27.3 Å². The first-order valence-corrected chi connectivity index (χ1v) is 3.96. The Bertz CT molecular complexity index is 83.3. The van der Waals surface area contributed by atoms with Crippen LogP contribution in [-0.4, -0.2) is 35.7 Å². The highest BCUT2D eigenvalue weighted by Crippen LogP contribution is 2.00. The van der Waals surface area contributed by atoms with Gasteiger partial charge in [0.05, 0.1) is 6.10 Å². The second-order valence-electron chi connectivity index (χ2n) is 3.05. The largest absolute Gasteiger partial charge is 0.392 e. The van der Waals surface area contributed by atoms with Gasteiger partial charge < -0.3 is 10.0 Å². The fourth-order valence-electron chi connectivity index (χ4n) is 0.908. The highest BCUT2D eigenvalue weighted by Gasteiger charge is 2.07. The van der Waals surface area contributed by atoms with Gasteiger partial charge in [-0.3, -0.25) is 0 Å². The molecule has 0 saturated carbocycles. The van der Waals surface area contributed by atoms with Crippen LogP contribution in [0.15, 0.2) is 0 Å². The van der Waals surface area contributed by atoms with E-state index in [0.717, 1.165) is 13.0 Å². The van der Waals surface area contributed by atoms with Crippen LogP contribution in [0.2, 0.25) is 0 Å². The van der Waals surface area contributed by atoms with E-state index in [1.165, 1.54) is 0 Å². The van der Waals surface area contributed by atoms with E-state index in [0.29, 0.717) is 6.04 Å². The number of likely N-dealkylation sites (N-methyl/N-ethyl adjacent to an activating group) is 1. The van der Waals surface area contributed by atoms with E-state index in [-0.39, 0.29) is 6.10 Å². The van der Waals surface area contributed by atoms with E-state index in [9.17, 15) is 0 Å². The fourth-order valence-corrected chi connectivity index (χ4v) is 0.908. The molecule has 10 heavy (non-hydrogen) atoms. The Morgan fingerprint density at radius 3 is 2.20 bits per heavy atom. The molecule has 0 aromatic heterocycles. The second-order valence-corrected chi connectivity index (χ2v) is 3.05. The minimum atomic E-state index is -0.209. The zero-order chi connectivity index (χ0) is 8.15. The molecule has 0 heterocycles. The minimum absolute atomic E-state index is 0.209. The molecule has 0 amide bonds. The maximum atomic E-state index is 9.03. The lowest BCUT2D eigenvalue weighted by atomic mass is 10.2. The lowest BCUT2D eigenvalue weighted by molar-refractivity contribution is 0.120. The van der Waals surface area contributed by atoms with E-state index in [1.807, 2.05) is 14.0 Å². The van der Waals surface area contributed by atoms with Gasteiger partial charge in [0.2, 0.25) is 0 Å². The quantitative estimate of drug-likeness (QED) is 0.640. The predicted octanol–water partition coefficient (Wildman–Crippen LogP) is 1.10. The van der Waals surface area contributed by atoms with Crippen molar-refractivity contribution in [2.24, 2.45) is 0 Å². The average molecular weight is 145 g/mol. The van der Waals surface area contributed by atoms with Crippen LogP contribution in [0.5, 0.6) is 0 Å². The molecule has 1 unspecified atom stereocenters. The van der Waals surface area contributed by atoms with Crippen LogP contribution < -0.4 is 0 Å². The summed E-state index contributed by atoms with van der Waals surface area (Å²) in [5.41, 5.74) is 0. The zero-order valence-corrected chi connectivity index (χ0v) is 7.46. The summed E-state index contributed by atoms with van der Waals surface area (Å²) in [6.07, 6.45) is 0.933. The van der Waals surface area contributed by atoms with E-state index in [1.54, 1.807) is 0 Å². The Morgan fingerprint density at radius 2 is 1.90 bits per heavy atom. The second kappa shape index (κ2) is 4.69. The van der Waals surface area contributed by atoms with Crippen molar-refractivity contribution >= 4 is 0 Å². The van der Waals surface area contributed by atoms with Gasteiger partial charge in [-0.2, -0.15) is 0 Å². The van der Waals surface area contributed by atoms with Crippen LogP contribution >= 0.6 is 0 Å². The first kappa shape index (κ1) is 9.92. The van der Waals surface area contributed by atoms with E-state index < -0.39 is 0 Å². The molecule has 0 fully saturated rings. The molecular weight excluding hydrogens is 126 g/mol. The Balaban J connectivity index is 3.50. The molecule has 1 N–H and O–H groups in total. The van der Waals surface area contributed by atoms with E-state index in [4.69, 9.17) is 5.11 Å². The summed E-state index contributed by atoms with van der Waals surface area (Å²) in [7, 11) is 2.04. The molecule has 0 saturated heterocycles. The molecule has 2 atom stereocenters. The molecule has 0 aliphatic carbocycles. The van der Waals surface area contributed by atoms with E-state index >= 15 is 0 Å². The molecule has 0 aromatic carbocycles. The van der Waals surface area contributed by atoms with Crippen molar-refractivity contribution < 1.29 is 5.11 Å². The number of aliphatic hydroxyl groups is 1. The molecule has 2 heteroatoms. The van der Waals surface area contributed by atoms with Crippen LogP contribution in [0.3, 0.4) is 0 Å². The van der Waals surface area contributed by atoms with Crippen LogP contribution in [0, 0.1) is 0 Å². The normalized spacial score (nSPS) is 17.4. The maximum absolute atomic E-state index is 9.03. The third-order valence-corrected chi connectivity index (χ3v) is 1.90. The number of nitrogens with zero attached hydrogens (tertiary/aromatic N) is 1. The van der Waals surface area contributed by atoms with Crippen LogP contribution in [0.1, 0.15) is 27.2 Å². The molecule has 0 rings (SSSR count). The summed E-state index contributed by atoms with van der Waals surface area (Å²) >= 11 is 0. The number of aliphatic hydroxyl groups excluding tert-OH is 1. The van der Waals surface area contributed by atoms with Crippen LogP contribution in [0.25, 0.3) is 0 Å². The number of rotatable bonds is 4. The van der Waals surface area contributed by atoms with Gasteiger partial charge in [0.25, 0.3) is 0 Å². The summed E-state index contributed by atoms with van der Waals surface area (Å²) in [4.78, 5) is 2.17. The number of hydrogen-bond donors (Lipinski definition) is 1. The van der Waals surface area contributed by atoms with Crippen molar-refractivity contribution in [3.63, 3.8) is 0 Å². The van der Waals surface area contributed by atoms with Crippen molar-refractivity contribution in [1.29, 1.82) is 0 Å². The summed E-state index contributed by atoms with van der Waals surface area (Å²) < 4.78 is 0. The molecule has 2 nitrogen and oxygen atoms in total. The molecule has 62 valence electrons. The van der Waals surface area contributed by atoms with Gasteiger partial charge in [-0.25, -0.2) is 0 Å². The summed E-state index contributed by atoms with van der Waals surface area (Å²) in [6.45, 7) is 6.92. The third-order valence-electron chi connectivity index (χ3n) is 1.90. The molecule has 0 aromatic rings. The van der Waals surface area contributed by atoms with Crippen LogP contribution in [-0.2, 0) is 0 Å². The highest BCUT2D eigenvalue weighted by atomic mass is 16.3. The first-order chi connectivity index (χ1) is 4.57. The Hall–Kier alpha value is -0.0800. The van der Waals surface area contributed by atoms with Crippen molar-refractivity contribution in [1.82, 2.24) is 4.90 Å². The summed E-state index contributed by atoms with van der Waals surface area (Å²) in [5, 5.41) is 9.03. The molecule has 0 bridgehead atoms. The SMILES string of the molecule is CC[C@H](C)N(C)CC(C)O. The third kappa shape index (κ3) is 3.85. The molecule has 0 aliphatic rings. The molecule has 0 radical (unpaired) electrons. The first-order valence-electron chi connectivity index (χ1n) is 3.96. The summed E-state index contributed by atoms with van der Waals surface area (Å²) in [5.74, 6) is 0. The molecule has 0 spiro atoms. The maximum Gasteiger partial charge on any atom is 0.0639 e. The average Bonchev–Trinajstić information content (AvgIpc) is 1.85. The Labute approximate surface area is 63.8 Å². The highest BCUT2D eigenvalue weighted by molar-refractivity contribution is 4.62. The van der Waals surface area contributed by atoms with E-state index in [2.05, 4.69) is 18.7 Å². The van der Waals surface area contributed by atoms with Crippen LogP contribution in [0.4, 0.5) is 0 Å². The van der Waals surface area contributed by atoms with Gasteiger partial charge >= 0.3 is 0 Å². The van der Waals surface area contributed by atoms with Gasteiger partial charge in [0.15, 0.2) is 0 Å². The van der Waals surface area contributed by atoms with Gasteiger partial charge in [0, 0.05) is 12.6 Å². The fraction of sp³-hybridized carbons (Fsp3) is 1.00. The van der Waals surface area contributed by atoms with Gasteiger partial charge in [-0.15, -0.1) is 0 Å². The molecular formula is C8H19NO. The lowest BCUT2D eigenvalue weighted by Gasteiger charge is -2.24. The lowest BCUT2D eigenvalue weighted by Crippen LogP contribution is -2.34. The Morgan fingerprint density at radius 1 is 1.40 bits per heavy atom. The van der Waals surface area contributed by atoms with Crippen molar-refractivity contribution in [3.8, 4) is 0 Å². The van der Waals surface area contributed by atoms with Crippen molar-refractivity contribution in [2.45, 2.75) is 39.3 Å². The molecule has 0 aliphatic heterocycles. The standard InChI is InChI=1S/C8H19NO/c1-5-7(2)9(4)6-8(3)10/h7-8,10H,5-6H2,1-4H3/t7-,8?/m0/s1. The topological polar surface area (TPSA) is 23.5 Å².